The topological polar surface area (TPSA) is 23.6 Å². The average molecular weight is 296 g/mol. The van der Waals surface area contributed by atoms with Crippen molar-refractivity contribution in [3.8, 4) is 0 Å². The fourth-order valence-corrected chi connectivity index (χ4v) is 4.36. The van der Waals surface area contributed by atoms with Gasteiger partial charge in [0, 0.05) is 24.7 Å². The molecular formula is C18H36N2O. The summed E-state index contributed by atoms with van der Waals surface area (Å²) in [5.74, 6) is 0.676. The first kappa shape index (κ1) is 18.5. The van der Waals surface area contributed by atoms with E-state index in [2.05, 4.69) is 74.1 Å². The second kappa shape index (κ2) is 5.26. The third-order valence-electron chi connectivity index (χ3n) is 6.06. The molecule has 1 rings (SSSR count). The van der Waals surface area contributed by atoms with Crippen molar-refractivity contribution in [1.29, 1.82) is 0 Å². The Hall–Kier alpha value is -0.570. The van der Waals surface area contributed by atoms with Crippen LogP contribution in [-0.4, -0.2) is 45.9 Å². The number of nitrogens with zero attached hydrogens (tertiary/aromatic N) is 2. The summed E-state index contributed by atoms with van der Waals surface area (Å²) in [6.07, 6.45) is 0. The van der Waals surface area contributed by atoms with Crippen molar-refractivity contribution in [3.63, 3.8) is 0 Å². The van der Waals surface area contributed by atoms with E-state index in [0.29, 0.717) is 12.0 Å². The molecule has 1 fully saturated rings. The van der Waals surface area contributed by atoms with Gasteiger partial charge in [-0.25, -0.2) is 0 Å². The first-order valence-corrected chi connectivity index (χ1v) is 8.27. The average Bonchev–Trinajstić information content (AvgIpc) is 2.33. The van der Waals surface area contributed by atoms with Crippen molar-refractivity contribution in [2.24, 2.45) is 11.3 Å². The van der Waals surface area contributed by atoms with E-state index in [1.54, 1.807) is 0 Å². The van der Waals surface area contributed by atoms with Gasteiger partial charge in [0.2, 0.25) is 5.91 Å². The smallest absolute Gasteiger partial charge is 0.230 e. The van der Waals surface area contributed by atoms with E-state index in [4.69, 9.17) is 0 Å². The minimum Gasteiger partial charge on any atom is -0.338 e. The number of hydrogen-bond acceptors (Lipinski definition) is 2. The monoisotopic (exact) mass is 296 g/mol. The van der Waals surface area contributed by atoms with Crippen LogP contribution in [0.3, 0.4) is 0 Å². The highest BCUT2D eigenvalue weighted by Crippen LogP contribution is 2.46. The zero-order chi connectivity index (χ0) is 17.0. The largest absolute Gasteiger partial charge is 0.338 e. The molecule has 0 aromatic rings. The number of carbonyl (C=O) groups is 1. The van der Waals surface area contributed by atoms with Crippen LogP contribution in [0.4, 0.5) is 0 Å². The predicted octanol–water partition coefficient (Wildman–Crippen LogP) is 3.78. The fourth-order valence-electron chi connectivity index (χ4n) is 4.36. The molecule has 1 saturated heterocycles. The molecule has 0 N–H and O–H groups in total. The number of amides is 1. The van der Waals surface area contributed by atoms with Crippen molar-refractivity contribution >= 4 is 5.91 Å². The Kier molecular flexibility index (Phi) is 4.63. The zero-order valence-corrected chi connectivity index (χ0v) is 16.0. The SMILES string of the molecule is CC(C)C1N(C(C)C)C(C)(C)C(C)(C)N(C)C(=O)C1(C)C. The van der Waals surface area contributed by atoms with Gasteiger partial charge in [-0.05, 0) is 61.3 Å². The van der Waals surface area contributed by atoms with E-state index in [-0.39, 0.29) is 23.0 Å². The Morgan fingerprint density at radius 3 is 1.67 bits per heavy atom. The van der Waals surface area contributed by atoms with E-state index in [0.717, 1.165) is 0 Å². The van der Waals surface area contributed by atoms with Crippen LogP contribution in [0.25, 0.3) is 0 Å². The highest BCUT2D eigenvalue weighted by molar-refractivity contribution is 5.84. The summed E-state index contributed by atoms with van der Waals surface area (Å²) in [7, 11) is 1.97. The van der Waals surface area contributed by atoms with Gasteiger partial charge >= 0.3 is 0 Å². The molecule has 0 aromatic carbocycles. The minimum absolute atomic E-state index is 0.103. The molecule has 1 aliphatic heterocycles. The molecule has 1 heterocycles. The van der Waals surface area contributed by atoms with Crippen LogP contribution in [0.1, 0.15) is 69.2 Å². The molecule has 0 bridgehead atoms. The Balaban J connectivity index is 3.67. The number of rotatable bonds is 2. The van der Waals surface area contributed by atoms with Gasteiger partial charge in [-0.3, -0.25) is 9.69 Å². The summed E-state index contributed by atoms with van der Waals surface area (Å²) in [6, 6.07) is 0.620. The van der Waals surface area contributed by atoms with E-state index in [1.807, 2.05) is 11.9 Å². The molecular weight excluding hydrogens is 260 g/mol. The Labute approximate surface area is 132 Å². The molecule has 0 radical (unpaired) electrons. The molecule has 1 amide bonds. The van der Waals surface area contributed by atoms with Crippen LogP contribution in [0.2, 0.25) is 0 Å². The lowest BCUT2D eigenvalue weighted by Crippen LogP contribution is -2.66. The van der Waals surface area contributed by atoms with Gasteiger partial charge in [-0.15, -0.1) is 0 Å². The third-order valence-corrected chi connectivity index (χ3v) is 6.06. The molecule has 0 saturated carbocycles. The van der Waals surface area contributed by atoms with Gasteiger partial charge < -0.3 is 4.90 Å². The lowest BCUT2D eigenvalue weighted by molar-refractivity contribution is -0.144. The maximum atomic E-state index is 13.2. The van der Waals surface area contributed by atoms with E-state index < -0.39 is 5.41 Å². The number of likely N-dealkylation sites (N-methyl/N-ethyl adjacent to an activating group) is 1. The summed E-state index contributed by atoms with van der Waals surface area (Å²) in [4.78, 5) is 17.7. The van der Waals surface area contributed by atoms with Gasteiger partial charge in [0.1, 0.15) is 0 Å². The molecule has 1 aliphatic rings. The lowest BCUT2D eigenvalue weighted by Gasteiger charge is -2.55. The lowest BCUT2D eigenvalue weighted by atomic mass is 9.74. The van der Waals surface area contributed by atoms with Gasteiger partial charge in [0.15, 0.2) is 0 Å². The van der Waals surface area contributed by atoms with Crippen LogP contribution in [0, 0.1) is 11.3 Å². The minimum atomic E-state index is -0.391. The quantitative estimate of drug-likeness (QED) is 0.774. The van der Waals surface area contributed by atoms with Crippen LogP contribution in [0.15, 0.2) is 0 Å². The van der Waals surface area contributed by atoms with Crippen molar-refractivity contribution in [2.45, 2.75) is 92.4 Å². The van der Waals surface area contributed by atoms with Gasteiger partial charge in [-0.1, -0.05) is 13.8 Å². The molecule has 124 valence electrons. The van der Waals surface area contributed by atoms with Gasteiger partial charge in [0.05, 0.1) is 11.0 Å². The highest BCUT2D eigenvalue weighted by atomic mass is 16.2. The Morgan fingerprint density at radius 2 is 1.33 bits per heavy atom. The Morgan fingerprint density at radius 1 is 0.905 bits per heavy atom. The van der Waals surface area contributed by atoms with Crippen molar-refractivity contribution in [2.75, 3.05) is 7.05 Å². The third kappa shape index (κ3) is 2.52. The normalized spacial score (nSPS) is 29.1. The van der Waals surface area contributed by atoms with Crippen LogP contribution >= 0.6 is 0 Å². The van der Waals surface area contributed by atoms with Crippen molar-refractivity contribution in [3.05, 3.63) is 0 Å². The van der Waals surface area contributed by atoms with Crippen LogP contribution in [0.5, 0.6) is 0 Å². The predicted molar refractivity (Wildman–Crippen MR) is 90.3 cm³/mol. The number of carbonyl (C=O) groups excluding carboxylic acids is 1. The van der Waals surface area contributed by atoms with Gasteiger partial charge in [-0.2, -0.15) is 0 Å². The van der Waals surface area contributed by atoms with E-state index in [9.17, 15) is 4.79 Å². The number of hydrogen-bond donors (Lipinski definition) is 0. The van der Waals surface area contributed by atoms with Crippen LogP contribution < -0.4 is 0 Å². The molecule has 0 aliphatic carbocycles. The summed E-state index contributed by atoms with van der Waals surface area (Å²) in [6.45, 7) is 22.2. The fraction of sp³-hybridized carbons (Fsp3) is 0.944. The molecule has 3 nitrogen and oxygen atoms in total. The van der Waals surface area contributed by atoms with E-state index >= 15 is 0 Å². The van der Waals surface area contributed by atoms with E-state index in [1.165, 1.54) is 0 Å². The van der Waals surface area contributed by atoms with Crippen molar-refractivity contribution in [1.82, 2.24) is 9.80 Å². The van der Waals surface area contributed by atoms with Crippen LogP contribution in [-0.2, 0) is 4.79 Å². The zero-order valence-electron chi connectivity index (χ0n) is 16.0. The molecule has 0 spiro atoms. The second-order valence-electron chi connectivity index (χ2n) is 8.89. The second-order valence-corrected chi connectivity index (χ2v) is 8.89. The molecule has 1 atom stereocenters. The first-order valence-electron chi connectivity index (χ1n) is 8.27. The van der Waals surface area contributed by atoms with Crippen molar-refractivity contribution < 1.29 is 4.79 Å². The summed E-state index contributed by atoms with van der Waals surface area (Å²) in [5.41, 5.74) is -0.720. The maximum Gasteiger partial charge on any atom is 0.230 e. The Bertz CT molecular complexity index is 407. The first-order chi connectivity index (χ1) is 9.20. The highest BCUT2D eigenvalue weighted by Gasteiger charge is 2.58. The molecule has 3 heteroatoms. The van der Waals surface area contributed by atoms with Gasteiger partial charge in [0.25, 0.3) is 0 Å². The maximum absolute atomic E-state index is 13.2. The molecule has 1 unspecified atom stereocenters. The summed E-state index contributed by atoms with van der Waals surface area (Å²) in [5, 5.41) is 0. The molecule has 0 aromatic heterocycles. The molecule has 21 heavy (non-hydrogen) atoms. The standard InChI is InChI=1S/C18H36N2O/c1-12(2)14-16(5,6)15(21)19(11)17(7,8)18(9,10)20(14)13(3)4/h12-14H,1-11H3. The summed E-state index contributed by atoms with van der Waals surface area (Å²) >= 11 is 0. The summed E-state index contributed by atoms with van der Waals surface area (Å²) < 4.78 is 0.